The number of anilines is 2. The molecule has 0 aliphatic rings. The highest BCUT2D eigenvalue weighted by Crippen LogP contribution is 2.23. The first-order valence-corrected chi connectivity index (χ1v) is 5.58. The molecule has 0 aliphatic carbocycles. The molecule has 86 valence electrons. The van der Waals surface area contributed by atoms with E-state index < -0.39 is 0 Å². The van der Waals surface area contributed by atoms with Gasteiger partial charge in [-0.1, -0.05) is 18.2 Å². The lowest BCUT2D eigenvalue weighted by atomic mass is 10.1. The fourth-order valence-corrected chi connectivity index (χ4v) is 1.72. The number of nitrogens with zero attached hydrogens (tertiary/aromatic N) is 1. The van der Waals surface area contributed by atoms with Gasteiger partial charge >= 0.3 is 0 Å². The number of hydrogen-bond donors (Lipinski definition) is 0. The van der Waals surface area contributed by atoms with Gasteiger partial charge in [0.2, 0.25) is 0 Å². The van der Waals surface area contributed by atoms with Gasteiger partial charge in [-0.15, -0.1) is 0 Å². The average molecular weight is 225 g/mol. The molecule has 17 heavy (non-hydrogen) atoms. The fraction of sp³-hybridized carbons (Fsp3) is 0.133. The van der Waals surface area contributed by atoms with Gasteiger partial charge in [0.1, 0.15) is 0 Å². The van der Waals surface area contributed by atoms with Crippen molar-refractivity contribution >= 4 is 17.2 Å². The minimum atomic E-state index is 0.0962. The molecule has 2 rings (SSSR count). The number of carbonyl (C=O) groups is 1. The predicted octanol–water partition coefficient (Wildman–Crippen LogP) is 3.66. The Morgan fingerprint density at radius 3 is 1.94 bits per heavy atom. The molecular formula is C15H15NO. The second-order valence-electron chi connectivity index (χ2n) is 4.00. The Kier molecular flexibility index (Phi) is 3.24. The van der Waals surface area contributed by atoms with Gasteiger partial charge in [0.05, 0.1) is 0 Å². The number of rotatable bonds is 3. The molecule has 0 spiro atoms. The van der Waals surface area contributed by atoms with Gasteiger partial charge in [-0.3, -0.25) is 4.79 Å². The van der Waals surface area contributed by atoms with E-state index in [9.17, 15) is 4.79 Å². The van der Waals surface area contributed by atoms with Crippen molar-refractivity contribution in [1.29, 1.82) is 0 Å². The van der Waals surface area contributed by atoms with E-state index in [0.717, 1.165) is 16.9 Å². The van der Waals surface area contributed by atoms with Gasteiger partial charge in [-0.2, -0.15) is 0 Å². The molecule has 0 bridgehead atoms. The molecule has 0 fully saturated rings. The SMILES string of the molecule is CC(=O)c1ccc(N(C)c2ccccc2)cc1. The van der Waals surface area contributed by atoms with Crippen molar-refractivity contribution < 1.29 is 4.79 Å². The Morgan fingerprint density at radius 1 is 0.882 bits per heavy atom. The monoisotopic (exact) mass is 225 g/mol. The Balaban J connectivity index is 2.26. The van der Waals surface area contributed by atoms with Gasteiger partial charge < -0.3 is 4.90 Å². The summed E-state index contributed by atoms with van der Waals surface area (Å²) in [5.41, 5.74) is 2.94. The number of ketones is 1. The zero-order valence-electron chi connectivity index (χ0n) is 10.1. The van der Waals surface area contributed by atoms with Crippen LogP contribution in [0.5, 0.6) is 0 Å². The van der Waals surface area contributed by atoms with Crippen LogP contribution in [0.4, 0.5) is 11.4 Å². The highest BCUT2D eigenvalue weighted by molar-refractivity contribution is 5.94. The number of benzene rings is 2. The summed E-state index contributed by atoms with van der Waals surface area (Å²) < 4.78 is 0. The van der Waals surface area contributed by atoms with Crippen LogP contribution in [0.2, 0.25) is 0 Å². The van der Waals surface area contributed by atoms with Crippen LogP contribution in [0, 0.1) is 0 Å². The number of Topliss-reactive ketones (excluding diaryl/α,β-unsaturated/α-hetero) is 1. The normalized spacial score (nSPS) is 10.0. The molecule has 2 aromatic carbocycles. The Hall–Kier alpha value is -2.09. The van der Waals surface area contributed by atoms with E-state index in [-0.39, 0.29) is 5.78 Å². The molecule has 0 unspecified atom stereocenters. The summed E-state index contributed by atoms with van der Waals surface area (Å²) in [6, 6.07) is 17.8. The van der Waals surface area contributed by atoms with Crippen molar-refractivity contribution in [2.75, 3.05) is 11.9 Å². The van der Waals surface area contributed by atoms with E-state index in [4.69, 9.17) is 0 Å². The first-order valence-electron chi connectivity index (χ1n) is 5.58. The average Bonchev–Trinajstić information content (AvgIpc) is 2.39. The molecule has 2 nitrogen and oxygen atoms in total. The van der Waals surface area contributed by atoms with Gasteiger partial charge in [0.25, 0.3) is 0 Å². The highest BCUT2D eigenvalue weighted by atomic mass is 16.1. The van der Waals surface area contributed by atoms with E-state index >= 15 is 0 Å². The number of hydrogen-bond acceptors (Lipinski definition) is 2. The summed E-state index contributed by atoms with van der Waals surface area (Å²) in [7, 11) is 2.01. The quantitative estimate of drug-likeness (QED) is 0.743. The summed E-state index contributed by atoms with van der Waals surface area (Å²) in [4.78, 5) is 13.3. The Labute approximate surface area is 102 Å². The zero-order chi connectivity index (χ0) is 12.3. The molecule has 0 N–H and O–H groups in total. The standard InChI is InChI=1S/C15H15NO/c1-12(17)13-8-10-15(11-9-13)16(2)14-6-4-3-5-7-14/h3-11H,1-2H3. The number of carbonyl (C=O) groups excluding carboxylic acids is 1. The van der Waals surface area contributed by atoms with Crippen LogP contribution < -0.4 is 4.90 Å². The van der Waals surface area contributed by atoms with E-state index in [2.05, 4.69) is 17.0 Å². The third kappa shape index (κ3) is 2.53. The Morgan fingerprint density at radius 2 is 1.41 bits per heavy atom. The maximum absolute atomic E-state index is 11.2. The van der Waals surface area contributed by atoms with Crippen molar-refractivity contribution in [1.82, 2.24) is 0 Å². The van der Waals surface area contributed by atoms with Gasteiger partial charge in [-0.05, 0) is 43.3 Å². The third-order valence-corrected chi connectivity index (χ3v) is 2.80. The summed E-state index contributed by atoms with van der Waals surface area (Å²) in [6.45, 7) is 1.58. The minimum absolute atomic E-state index is 0.0962. The van der Waals surface area contributed by atoms with Gasteiger partial charge in [-0.25, -0.2) is 0 Å². The van der Waals surface area contributed by atoms with Crippen molar-refractivity contribution in [3.05, 3.63) is 60.2 Å². The maximum Gasteiger partial charge on any atom is 0.159 e. The molecule has 0 amide bonds. The summed E-state index contributed by atoms with van der Waals surface area (Å²) >= 11 is 0. The number of para-hydroxylation sites is 1. The van der Waals surface area contributed by atoms with Crippen molar-refractivity contribution in [2.24, 2.45) is 0 Å². The topological polar surface area (TPSA) is 20.3 Å². The molecular weight excluding hydrogens is 210 g/mol. The molecule has 0 heterocycles. The molecule has 0 atom stereocenters. The second-order valence-corrected chi connectivity index (χ2v) is 4.00. The summed E-state index contributed by atoms with van der Waals surface area (Å²) in [5.74, 6) is 0.0962. The first-order chi connectivity index (χ1) is 8.18. The largest absolute Gasteiger partial charge is 0.345 e. The van der Waals surface area contributed by atoms with Crippen LogP contribution in [0.3, 0.4) is 0 Å². The molecule has 0 aliphatic heterocycles. The van der Waals surface area contributed by atoms with Crippen LogP contribution in [0.25, 0.3) is 0 Å². The fourth-order valence-electron chi connectivity index (χ4n) is 1.72. The van der Waals surface area contributed by atoms with Crippen molar-refractivity contribution in [2.45, 2.75) is 6.92 Å². The lowest BCUT2D eigenvalue weighted by Crippen LogP contribution is -2.09. The van der Waals surface area contributed by atoms with E-state index in [1.807, 2.05) is 49.5 Å². The van der Waals surface area contributed by atoms with E-state index in [1.54, 1.807) is 6.92 Å². The summed E-state index contributed by atoms with van der Waals surface area (Å²) in [5, 5.41) is 0. The zero-order valence-corrected chi connectivity index (χ0v) is 10.1. The second kappa shape index (κ2) is 4.83. The smallest absolute Gasteiger partial charge is 0.159 e. The lowest BCUT2D eigenvalue weighted by Gasteiger charge is -2.19. The first kappa shape index (κ1) is 11.4. The minimum Gasteiger partial charge on any atom is -0.345 e. The highest BCUT2D eigenvalue weighted by Gasteiger charge is 2.04. The van der Waals surface area contributed by atoms with Gasteiger partial charge in [0, 0.05) is 24.0 Å². The molecule has 0 saturated heterocycles. The predicted molar refractivity (Wildman–Crippen MR) is 71.0 cm³/mol. The van der Waals surface area contributed by atoms with Gasteiger partial charge in [0.15, 0.2) is 5.78 Å². The van der Waals surface area contributed by atoms with Crippen molar-refractivity contribution in [3.63, 3.8) is 0 Å². The van der Waals surface area contributed by atoms with Crippen LogP contribution in [0.15, 0.2) is 54.6 Å². The van der Waals surface area contributed by atoms with E-state index in [0.29, 0.717) is 0 Å². The molecule has 0 saturated carbocycles. The molecule has 0 radical (unpaired) electrons. The van der Waals surface area contributed by atoms with E-state index in [1.165, 1.54) is 0 Å². The van der Waals surface area contributed by atoms with Crippen LogP contribution in [-0.4, -0.2) is 12.8 Å². The lowest BCUT2D eigenvalue weighted by molar-refractivity contribution is 0.101. The molecule has 2 aromatic rings. The summed E-state index contributed by atoms with van der Waals surface area (Å²) in [6.07, 6.45) is 0. The van der Waals surface area contributed by atoms with Crippen molar-refractivity contribution in [3.8, 4) is 0 Å². The van der Waals surface area contributed by atoms with Crippen LogP contribution in [-0.2, 0) is 0 Å². The van der Waals surface area contributed by atoms with Crippen LogP contribution >= 0.6 is 0 Å². The Bertz CT molecular complexity index is 502. The molecule has 2 heteroatoms. The maximum atomic E-state index is 11.2. The third-order valence-electron chi connectivity index (χ3n) is 2.80. The molecule has 0 aromatic heterocycles. The van der Waals surface area contributed by atoms with Crippen LogP contribution in [0.1, 0.15) is 17.3 Å².